The summed E-state index contributed by atoms with van der Waals surface area (Å²) in [5.74, 6) is 5.84. The van der Waals surface area contributed by atoms with Crippen molar-refractivity contribution < 1.29 is 25.0 Å². The number of aromatic nitrogens is 2. The molecule has 9 heteroatoms. The van der Waals surface area contributed by atoms with Gasteiger partial charge in [0.2, 0.25) is 5.88 Å². The molecule has 9 nitrogen and oxygen atoms in total. The third-order valence-corrected chi connectivity index (χ3v) is 4.85. The van der Waals surface area contributed by atoms with E-state index >= 15 is 0 Å². The molecule has 1 aromatic heterocycles. The predicted octanol–water partition coefficient (Wildman–Crippen LogP) is 1.60. The Kier molecular flexibility index (Phi) is 10.9. The highest BCUT2D eigenvalue weighted by atomic mass is 17.6. The molecule has 0 unspecified atom stereocenters. The van der Waals surface area contributed by atoms with Gasteiger partial charge in [0.15, 0.2) is 0 Å². The van der Waals surface area contributed by atoms with Crippen molar-refractivity contribution in [2.75, 3.05) is 52.5 Å². The third kappa shape index (κ3) is 8.14. The van der Waals surface area contributed by atoms with Crippen LogP contribution in [0.5, 0.6) is 5.88 Å². The van der Waals surface area contributed by atoms with Gasteiger partial charge in [-0.05, 0) is 42.8 Å². The fourth-order valence-corrected chi connectivity index (χ4v) is 3.22. The molecule has 1 N–H and O–H groups in total. The number of fused-ring (bicyclic) bond motifs is 1. The maximum atomic E-state index is 7.47. The highest BCUT2D eigenvalue weighted by molar-refractivity contribution is 5.16. The minimum Gasteiger partial charge on any atom is -0.475 e. The highest BCUT2D eigenvalue weighted by Crippen LogP contribution is 2.19. The van der Waals surface area contributed by atoms with E-state index in [4.69, 9.17) is 9.99 Å². The van der Waals surface area contributed by atoms with Crippen molar-refractivity contribution in [3.05, 3.63) is 11.8 Å². The van der Waals surface area contributed by atoms with Crippen LogP contribution in [0.2, 0.25) is 0 Å². The molecule has 0 aliphatic carbocycles. The van der Waals surface area contributed by atoms with Gasteiger partial charge in [0, 0.05) is 51.0 Å². The predicted molar refractivity (Wildman–Crippen MR) is 103 cm³/mol. The first-order chi connectivity index (χ1) is 13.8. The van der Waals surface area contributed by atoms with E-state index in [0.717, 1.165) is 45.1 Å². The maximum Gasteiger partial charge on any atom is 0.233 e. The lowest BCUT2D eigenvalue weighted by atomic mass is 10.1. The maximum absolute atomic E-state index is 7.47. The van der Waals surface area contributed by atoms with E-state index in [1.165, 1.54) is 38.2 Å². The van der Waals surface area contributed by atoms with Crippen molar-refractivity contribution in [2.45, 2.75) is 39.7 Å². The van der Waals surface area contributed by atoms with Gasteiger partial charge in [-0.1, -0.05) is 12.8 Å². The van der Waals surface area contributed by atoms with Crippen LogP contribution in [0, 0.1) is 11.8 Å². The van der Waals surface area contributed by atoms with Crippen LogP contribution in [-0.4, -0.2) is 77.3 Å². The minimum absolute atomic E-state index is 0.0804. The Balaban J connectivity index is 0.000000300. The summed E-state index contributed by atoms with van der Waals surface area (Å²) in [6, 6.07) is 2.12. The molecule has 0 bridgehead atoms. The Morgan fingerprint density at radius 1 is 1.14 bits per heavy atom. The van der Waals surface area contributed by atoms with Crippen LogP contribution in [0.4, 0.5) is 0 Å². The van der Waals surface area contributed by atoms with Gasteiger partial charge in [0.25, 0.3) is 0 Å². The van der Waals surface area contributed by atoms with Crippen LogP contribution in [0.15, 0.2) is 6.07 Å². The van der Waals surface area contributed by atoms with Gasteiger partial charge >= 0.3 is 0 Å². The fraction of sp³-hybridized carbons (Fsp3) is 0.737. The van der Waals surface area contributed by atoms with Crippen LogP contribution in [0.1, 0.15) is 32.4 Å². The number of hydrogen-bond donors (Lipinski definition) is 1. The molecule has 158 valence electrons. The summed E-state index contributed by atoms with van der Waals surface area (Å²) in [5.41, 5.74) is 1.34. The topological polar surface area (TPSA) is 81.5 Å². The molecule has 0 saturated carbocycles. The summed E-state index contributed by atoms with van der Waals surface area (Å²) < 4.78 is 7.94. The van der Waals surface area contributed by atoms with Gasteiger partial charge in [-0.25, -0.2) is 5.26 Å². The third-order valence-electron chi connectivity index (χ3n) is 4.85. The SMILES string of the molecule is CC#CCOOOO.CCN1CCN(CCOc2cc3n(n2)CCCC3)CC1. The number of nitrogens with zero attached hydrogens (tertiary/aromatic N) is 4. The van der Waals surface area contributed by atoms with E-state index in [0.29, 0.717) is 0 Å². The Bertz CT molecular complexity index is 582. The molecule has 3 rings (SSSR count). The van der Waals surface area contributed by atoms with Crippen molar-refractivity contribution in [1.82, 2.24) is 19.6 Å². The molecule has 1 aromatic rings. The van der Waals surface area contributed by atoms with Crippen LogP contribution >= 0.6 is 0 Å². The standard InChI is InChI=1S/C15H26N4O.C4H6O4/c1-2-17-7-9-18(10-8-17)11-12-20-15-13-14-5-3-4-6-19(14)16-15;1-2-3-4-6-8-7-5/h13H,2-12H2,1H3;5H,4H2,1H3. The average Bonchev–Trinajstić information content (AvgIpc) is 3.15. The largest absolute Gasteiger partial charge is 0.475 e. The van der Waals surface area contributed by atoms with Gasteiger partial charge in [0.05, 0.1) is 0 Å². The molecule has 2 aliphatic heterocycles. The number of ether oxygens (including phenoxy) is 1. The zero-order chi connectivity index (χ0) is 20.0. The molecule has 3 heterocycles. The van der Waals surface area contributed by atoms with Gasteiger partial charge < -0.3 is 9.64 Å². The van der Waals surface area contributed by atoms with Crippen molar-refractivity contribution >= 4 is 0 Å². The summed E-state index contributed by atoms with van der Waals surface area (Å²) >= 11 is 0. The molecule has 0 amide bonds. The van der Waals surface area contributed by atoms with Crippen molar-refractivity contribution in [2.24, 2.45) is 0 Å². The van der Waals surface area contributed by atoms with Crippen molar-refractivity contribution in [3.8, 4) is 17.7 Å². The van der Waals surface area contributed by atoms with Crippen LogP contribution in [0.25, 0.3) is 0 Å². The Morgan fingerprint density at radius 3 is 2.61 bits per heavy atom. The van der Waals surface area contributed by atoms with Crippen molar-refractivity contribution in [3.63, 3.8) is 0 Å². The summed E-state index contributed by atoms with van der Waals surface area (Å²) in [6.45, 7) is 12.7. The molecule has 0 aromatic carbocycles. The zero-order valence-electron chi connectivity index (χ0n) is 16.9. The molecule has 2 aliphatic rings. The van der Waals surface area contributed by atoms with E-state index in [1.807, 2.05) is 0 Å². The van der Waals surface area contributed by atoms with E-state index < -0.39 is 0 Å². The zero-order valence-corrected chi connectivity index (χ0v) is 16.9. The second kappa shape index (κ2) is 13.5. The lowest BCUT2D eigenvalue weighted by Crippen LogP contribution is -2.47. The Hall–Kier alpha value is -1.67. The number of likely N-dealkylation sites (N-methyl/N-ethyl adjacent to an activating group) is 1. The molecule has 0 radical (unpaired) electrons. The first-order valence-corrected chi connectivity index (χ1v) is 9.90. The van der Waals surface area contributed by atoms with Crippen LogP contribution in [-0.2, 0) is 27.9 Å². The number of rotatable bonds is 8. The summed E-state index contributed by atoms with van der Waals surface area (Å²) in [5, 5.41) is 18.7. The lowest BCUT2D eigenvalue weighted by Gasteiger charge is -2.33. The van der Waals surface area contributed by atoms with E-state index in [1.54, 1.807) is 6.92 Å². The second-order valence-corrected chi connectivity index (χ2v) is 6.61. The molecule has 0 atom stereocenters. The fourth-order valence-electron chi connectivity index (χ4n) is 3.22. The molecule has 28 heavy (non-hydrogen) atoms. The second-order valence-electron chi connectivity index (χ2n) is 6.61. The Labute approximate surface area is 166 Å². The smallest absolute Gasteiger partial charge is 0.233 e. The van der Waals surface area contributed by atoms with Gasteiger partial charge in [-0.2, -0.15) is 4.89 Å². The number of piperazine rings is 1. The van der Waals surface area contributed by atoms with Crippen LogP contribution < -0.4 is 4.74 Å². The summed E-state index contributed by atoms with van der Waals surface area (Å²) in [4.78, 5) is 9.07. The normalized spacial score (nSPS) is 17.1. The summed E-state index contributed by atoms with van der Waals surface area (Å²) in [7, 11) is 0. The molecule has 1 saturated heterocycles. The quantitative estimate of drug-likeness (QED) is 0.307. The molecular formula is C19H32N4O5. The minimum atomic E-state index is 0.0804. The molecule has 0 spiro atoms. The Morgan fingerprint density at radius 2 is 1.93 bits per heavy atom. The monoisotopic (exact) mass is 396 g/mol. The van der Waals surface area contributed by atoms with Gasteiger partial charge in [-0.15, -0.1) is 11.0 Å². The number of hydrogen-bond acceptors (Lipinski definition) is 8. The first kappa shape index (κ1) is 22.6. The van der Waals surface area contributed by atoms with Gasteiger partial charge in [-0.3, -0.25) is 9.58 Å². The van der Waals surface area contributed by atoms with E-state index in [2.05, 4.69) is 59.4 Å². The van der Waals surface area contributed by atoms with Crippen LogP contribution in [0.3, 0.4) is 0 Å². The van der Waals surface area contributed by atoms with Gasteiger partial charge in [0.1, 0.15) is 13.2 Å². The van der Waals surface area contributed by atoms with E-state index in [9.17, 15) is 0 Å². The highest BCUT2D eigenvalue weighted by Gasteiger charge is 2.16. The lowest BCUT2D eigenvalue weighted by molar-refractivity contribution is -0.620. The first-order valence-electron chi connectivity index (χ1n) is 9.90. The molecule has 1 fully saturated rings. The van der Waals surface area contributed by atoms with E-state index in [-0.39, 0.29) is 6.61 Å². The van der Waals surface area contributed by atoms with Crippen molar-refractivity contribution in [1.29, 1.82) is 0 Å². The number of aryl methyl sites for hydroxylation is 2. The summed E-state index contributed by atoms with van der Waals surface area (Å²) in [6.07, 6.45) is 3.68. The average molecular weight is 396 g/mol. The molecular weight excluding hydrogens is 364 g/mol.